The Kier molecular flexibility index (Phi) is 37.9. The van der Waals surface area contributed by atoms with Gasteiger partial charge >= 0.3 is 0 Å². The molecule has 0 saturated carbocycles. The normalized spacial score (nSPS) is 13.1. The Morgan fingerprint density at radius 2 is 1.16 bits per heavy atom. The average Bonchev–Trinajstić information content (AvgIpc) is 2.99. The Morgan fingerprint density at radius 1 is 0.605 bits per heavy atom. The largest absolute Gasteiger partial charge is 0.386 e. The van der Waals surface area contributed by atoms with Crippen LogP contribution < -0.4 is 10.6 Å². The van der Waals surface area contributed by atoms with Crippen LogP contribution >= 0.6 is 106 Å². The maximum absolute atomic E-state index is 12.0. The van der Waals surface area contributed by atoms with Crippen LogP contribution in [0.15, 0.2) is 9.98 Å². The minimum absolute atomic E-state index is 0.0340. The fourth-order valence-corrected chi connectivity index (χ4v) is 11.9. The summed E-state index contributed by atoms with van der Waals surface area (Å²) in [5.74, 6) is 6.19. The number of aliphatic hydroxyl groups excluding tert-OH is 2. The van der Waals surface area contributed by atoms with E-state index < -0.39 is 21.6 Å². The van der Waals surface area contributed by atoms with E-state index in [1.807, 2.05) is 0 Å². The monoisotopic (exact) mass is 810 g/mol. The van der Waals surface area contributed by atoms with E-state index in [4.69, 9.17) is 10.2 Å². The van der Waals surface area contributed by atoms with Crippen LogP contribution in [0.3, 0.4) is 0 Å². The number of amides is 2. The first-order valence-electron chi connectivity index (χ1n) is 12.8. The number of aliphatic hydroxyl groups is 2. The van der Waals surface area contributed by atoms with E-state index in [1.165, 1.54) is 69.9 Å². The van der Waals surface area contributed by atoms with Crippen molar-refractivity contribution in [3.05, 3.63) is 0 Å². The second-order valence-electron chi connectivity index (χ2n) is 7.29. The highest BCUT2D eigenvalue weighted by Crippen LogP contribution is 2.17. The second-order valence-corrected chi connectivity index (χ2v) is 21.0. The van der Waals surface area contributed by atoms with Gasteiger partial charge in [0, 0.05) is 87.5 Å². The van der Waals surface area contributed by atoms with Gasteiger partial charge in [-0.15, -0.1) is 47.0 Å². The summed E-state index contributed by atoms with van der Waals surface area (Å²) in [5.41, 5.74) is 3.00. The number of nitrogens with zero attached hydrogens (tertiary/aromatic N) is 2. The third-order valence-electron chi connectivity index (χ3n) is 4.02. The van der Waals surface area contributed by atoms with Gasteiger partial charge in [0.1, 0.15) is 0 Å². The van der Waals surface area contributed by atoms with Crippen LogP contribution in [0.1, 0.15) is 0 Å². The maximum atomic E-state index is 12.0. The Balaban J connectivity index is 3.48. The summed E-state index contributed by atoms with van der Waals surface area (Å²) in [5, 5.41) is 25.7. The van der Waals surface area contributed by atoms with Crippen molar-refractivity contribution < 1.29 is 28.2 Å². The van der Waals surface area contributed by atoms with E-state index in [2.05, 4.69) is 20.6 Å². The lowest BCUT2D eigenvalue weighted by atomic mass is 10.8. The minimum atomic E-state index is -1.09. The number of carbonyl (C=O) groups excluding carboxylic acids is 2. The van der Waals surface area contributed by atoms with Crippen LogP contribution in [0.5, 0.6) is 0 Å². The molecule has 10 nitrogen and oxygen atoms in total. The molecule has 43 heavy (non-hydrogen) atoms. The third kappa shape index (κ3) is 36.3. The molecule has 0 aliphatic carbocycles. The van der Waals surface area contributed by atoms with Crippen molar-refractivity contribution >= 4 is 149 Å². The lowest BCUT2D eigenvalue weighted by Gasteiger charge is -2.04. The highest BCUT2D eigenvalue weighted by atomic mass is 32.2. The van der Waals surface area contributed by atoms with Crippen molar-refractivity contribution in [2.45, 2.75) is 0 Å². The van der Waals surface area contributed by atoms with Crippen molar-refractivity contribution in [2.24, 2.45) is 9.98 Å². The van der Waals surface area contributed by atoms with Crippen LogP contribution in [0, 0.1) is 0 Å². The van der Waals surface area contributed by atoms with Crippen molar-refractivity contribution in [3.8, 4) is 0 Å². The van der Waals surface area contributed by atoms with Gasteiger partial charge in [-0.2, -0.15) is 35.3 Å². The Bertz CT molecular complexity index is 803. The highest BCUT2D eigenvalue weighted by Gasteiger charge is 2.03. The quantitative estimate of drug-likeness (QED) is 0.0353. The molecule has 0 aromatic carbocycles. The summed E-state index contributed by atoms with van der Waals surface area (Å²) in [6, 6.07) is 0. The molecule has 0 saturated heterocycles. The molecule has 252 valence electrons. The smallest absolute Gasteiger partial charge is 0.279 e. The molecular formula is C22H42N4O6S11. The van der Waals surface area contributed by atoms with Gasteiger partial charge in [0.25, 0.3) is 10.5 Å². The molecule has 2 atom stereocenters. The SMILES string of the molecule is O=C(NCCSCCN=CS(=O)CSCSCO)SCCSCCS(=O)C=NCCSCCNC(=O)SCSCSCO. The minimum Gasteiger partial charge on any atom is -0.386 e. The molecule has 0 fully saturated rings. The first-order chi connectivity index (χ1) is 21.0. The number of nitrogens with one attached hydrogen (secondary N) is 2. The van der Waals surface area contributed by atoms with Crippen molar-refractivity contribution in [1.29, 1.82) is 0 Å². The van der Waals surface area contributed by atoms with Crippen LogP contribution in [0.2, 0.25) is 0 Å². The lowest BCUT2D eigenvalue weighted by molar-refractivity contribution is 0.260. The van der Waals surface area contributed by atoms with Gasteiger partial charge in [0.15, 0.2) is 0 Å². The Morgan fingerprint density at radius 3 is 1.79 bits per heavy atom. The summed E-state index contributed by atoms with van der Waals surface area (Å²) in [4.78, 5) is 32.0. The number of hydrogen-bond acceptors (Lipinski definition) is 17. The predicted octanol–water partition coefficient (Wildman–Crippen LogP) is 4.29. The molecule has 0 aromatic heterocycles. The molecule has 2 unspecified atom stereocenters. The van der Waals surface area contributed by atoms with E-state index >= 15 is 0 Å². The second kappa shape index (κ2) is 36.5. The standard InChI is InChI=1S/C22H42N4O6S11/c27-15-36-17-38-19-41-22(30)26-4-8-33-5-1-23-13-42(31)12-11-35-9-10-40-21(29)25-3-7-34-6-2-24-14-43(32)20-39-18-37-16-28/h13-14,27-28H,1-12,15-20H2,(H,25,29)(H,26,30). The van der Waals surface area contributed by atoms with E-state index in [9.17, 15) is 18.0 Å². The summed E-state index contributed by atoms with van der Waals surface area (Å²) in [7, 11) is -2.17. The molecular weight excluding hydrogens is 769 g/mol. The Labute approximate surface area is 299 Å². The first kappa shape index (κ1) is 44.6. The number of aliphatic imine (C=N–C) groups is 2. The third-order valence-corrected chi connectivity index (χ3v) is 15.8. The van der Waals surface area contributed by atoms with Crippen LogP contribution in [-0.4, -0.2) is 145 Å². The first-order valence-corrected chi connectivity index (χ1v) is 25.6. The summed E-state index contributed by atoms with van der Waals surface area (Å²) >= 11 is 13.5. The van der Waals surface area contributed by atoms with Gasteiger partial charge in [-0.1, -0.05) is 23.5 Å². The van der Waals surface area contributed by atoms with Gasteiger partial charge in [0.2, 0.25) is 0 Å². The average molecular weight is 811 g/mol. The highest BCUT2D eigenvalue weighted by molar-refractivity contribution is 8.27. The molecule has 2 amide bonds. The van der Waals surface area contributed by atoms with Crippen molar-refractivity contribution in [1.82, 2.24) is 10.6 Å². The molecule has 0 bridgehead atoms. The van der Waals surface area contributed by atoms with Gasteiger partial charge < -0.3 is 20.8 Å². The summed E-state index contributed by atoms with van der Waals surface area (Å²) in [6.07, 6.45) is 0. The van der Waals surface area contributed by atoms with Crippen molar-refractivity contribution in [3.63, 3.8) is 0 Å². The number of hydrogen-bond donors (Lipinski definition) is 4. The van der Waals surface area contributed by atoms with Gasteiger partial charge in [-0.3, -0.25) is 28.0 Å². The Hall–Kier alpha value is 1.65. The summed E-state index contributed by atoms with van der Waals surface area (Å²) < 4.78 is 23.7. The molecule has 0 rings (SSSR count). The number of carbonyl (C=O) groups is 2. The van der Waals surface area contributed by atoms with Crippen LogP contribution in [0.25, 0.3) is 0 Å². The fraction of sp³-hybridized carbons (Fsp3) is 0.818. The maximum Gasteiger partial charge on any atom is 0.279 e. The van der Waals surface area contributed by atoms with E-state index in [-0.39, 0.29) is 22.4 Å². The van der Waals surface area contributed by atoms with Gasteiger partial charge in [-0.05, 0) is 0 Å². The topological polar surface area (TPSA) is 158 Å². The molecule has 21 heteroatoms. The van der Waals surface area contributed by atoms with Crippen LogP contribution in [-0.2, 0) is 21.6 Å². The molecule has 0 heterocycles. The molecule has 0 radical (unpaired) electrons. The molecule has 0 aliphatic rings. The van der Waals surface area contributed by atoms with E-state index in [0.717, 1.165) is 39.6 Å². The van der Waals surface area contributed by atoms with E-state index in [0.29, 0.717) is 52.9 Å². The number of rotatable bonds is 30. The zero-order valence-electron chi connectivity index (χ0n) is 23.8. The molecule has 0 spiro atoms. The molecule has 0 aliphatic heterocycles. The molecule has 0 aromatic rings. The van der Waals surface area contributed by atoms with Gasteiger partial charge in [0.05, 0.1) is 49.7 Å². The lowest BCUT2D eigenvalue weighted by Crippen LogP contribution is -2.22. The van der Waals surface area contributed by atoms with Gasteiger partial charge in [-0.25, -0.2) is 0 Å². The molecule has 4 N–H and O–H groups in total. The predicted molar refractivity (Wildman–Crippen MR) is 211 cm³/mol. The van der Waals surface area contributed by atoms with E-state index in [1.54, 1.807) is 47.0 Å². The van der Waals surface area contributed by atoms with Crippen LogP contribution in [0.4, 0.5) is 9.59 Å². The zero-order valence-corrected chi connectivity index (χ0v) is 32.8. The summed E-state index contributed by atoms with van der Waals surface area (Å²) in [6.45, 7) is 2.39. The zero-order chi connectivity index (χ0) is 31.6. The number of thioether (sulfide) groups is 9. The fourth-order valence-electron chi connectivity index (χ4n) is 2.22. The van der Waals surface area contributed by atoms with Crippen molar-refractivity contribution in [2.75, 3.05) is 104 Å².